The van der Waals surface area contributed by atoms with E-state index in [1.165, 1.54) is 33.0 Å². The van der Waals surface area contributed by atoms with Crippen molar-refractivity contribution in [1.82, 2.24) is 0 Å². The molecule has 0 saturated carbocycles. The van der Waals surface area contributed by atoms with E-state index in [9.17, 15) is 0 Å². The van der Waals surface area contributed by atoms with Crippen molar-refractivity contribution in [3.63, 3.8) is 0 Å². The topological polar surface area (TPSA) is 28.7 Å². The third kappa shape index (κ3) is 5.32. The fraction of sp³-hybridized carbons (Fsp3) is 0.0192. The van der Waals surface area contributed by atoms with Crippen LogP contribution in [0, 0.1) is 0 Å². The van der Waals surface area contributed by atoms with Gasteiger partial charge in [-0.05, 0) is 99.3 Å². The lowest BCUT2D eigenvalue weighted by Crippen LogP contribution is -2.10. The highest BCUT2D eigenvalue weighted by Crippen LogP contribution is 2.44. The van der Waals surface area contributed by atoms with Gasteiger partial charge in [-0.25, -0.2) is 0 Å². The number of hydrogen-bond acceptors (Lipinski definition) is 3. The van der Waals surface area contributed by atoms with Crippen molar-refractivity contribution in [2.24, 2.45) is 4.99 Å². The number of nitrogens with zero attached hydrogens (tertiary/aromatic N) is 2. The molecule has 0 atom stereocenters. The number of anilines is 3. The van der Waals surface area contributed by atoms with Crippen LogP contribution in [0.1, 0.15) is 11.1 Å². The average Bonchev–Trinajstić information content (AvgIpc) is 3.87. The van der Waals surface area contributed by atoms with Crippen LogP contribution < -0.4 is 4.90 Å². The Morgan fingerprint density at radius 2 is 1.09 bits per heavy atom. The quantitative estimate of drug-likeness (QED) is 0.173. The van der Waals surface area contributed by atoms with Crippen molar-refractivity contribution in [2.75, 3.05) is 4.90 Å². The first kappa shape index (κ1) is 31.3. The highest BCUT2D eigenvalue weighted by molar-refractivity contribution is 6.18. The number of para-hydroxylation sites is 2. The summed E-state index contributed by atoms with van der Waals surface area (Å²) in [5.74, 6) is 0. The predicted octanol–water partition coefficient (Wildman–Crippen LogP) is 14.4. The maximum absolute atomic E-state index is 6.74. The fourth-order valence-corrected chi connectivity index (χ4v) is 8.37. The van der Waals surface area contributed by atoms with Gasteiger partial charge in [0.1, 0.15) is 11.2 Å². The van der Waals surface area contributed by atoms with Crippen LogP contribution in [0.15, 0.2) is 204 Å². The van der Waals surface area contributed by atoms with Gasteiger partial charge in [0.05, 0.1) is 17.1 Å². The molecule has 0 unspecified atom stereocenters. The van der Waals surface area contributed by atoms with Gasteiger partial charge in [-0.1, -0.05) is 133 Å². The third-order valence-electron chi connectivity index (χ3n) is 11.1. The summed E-state index contributed by atoms with van der Waals surface area (Å²) in [6.45, 7) is 0. The normalized spacial score (nSPS) is 12.4. The molecule has 0 fully saturated rings. The van der Waals surface area contributed by atoms with E-state index in [1.54, 1.807) is 0 Å². The van der Waals surface area contributed by atoms with E-state index in [1.807, 2.05) is 0 Å². The molecule has 55 heavy (non-hydrogen) atoms. The summed E-state index contributed by atoms with van der Waals surface area (Å²) in [4.78, 5) is 7.31. The molecule has 3 nitrogen and oxygen atoms in total. The highest BCUT2D eigenvalue weighted by Gasteiger charge is 2.20. The molecule has 0 saturated heterocycles. The van der Waals surface area contributed by atoms with Crippen molar-refractivity contribution in [1.29, 1.82) is 0 Å². The number of hydrogen-bond donors (Lipinski definition) is 0. The summed E-state index contributed by atoms with van der Waals surface area (Å²) in [5.41, 5.74) is 14.4. The number of fused-ring (bicyclic) bond motifs is 7. The summed E-state index contributed by atoms with van der Waals surface area (Å²) >= 11 is 0. The molecule has 1 aliphatic heterocycles. The van der Waals surface area contributed by atoms with Crippen molar-refractivity contribution < 1.29 is 4.42 Å². The summed E-state index contributed by atoms with van der Waals surface area (Å²) in [6, 6.07) is 69.5. The van der Waals surface area contributed by atoms with Crippen LogP contribution >= 0.6 is 0 Å². The molecule has 0 bridgehead atoms. The van der Waals surface area contributed by atoms with Gasteiger partial charge < -0.3 is 9.32 Å². The Morgan fingerprint density at radius 1 is 0.436 bits per heavy atom. The SMILES string of the molecule is c1ccc(-c2ccc(N(c3ccccc3)c3ccc(-c4ccc5ccc6c7ccc(C8=Nc9ccccc9C8)cc7oc6c5c4)c4ccccc34)cc2)cc1. The minimum absolute atomic E-state index is 0.838. The van der Waals surface area contributed by atoms with E-state index in [-0.39, 0.29) is 0 Å². The Balaban J connectivity index is 1.02. The Morgan fingerprint density at radius 3 is 1.93 bits per heavy atom. The van der Waals surface area contributed by atoms with E-state index in [0.717, 1.165) is 78.7 Å². The first-order valence-electron chi connectivity index (χ1n) is 18.8. The molecule has 10 aromatic rings. The van der Waals surface area contributed by atoms with Crippen molar-refractivity contribution in [3.8, 4) is 22.3 Å². The molecular weight excluding hydrogens is 669 g/mol. The van der Waals surface area contributed by atoms with Crippen molar-refractivity contribution >= 4 is 71.9 Å². The van der Waals surface area contributed by atoms with Crippen LogP contribution in [0.2, 0.25) is 0 Å². The van der Waals surface area contributed by atoms with Crippen LogP contribution in [0.25, 0.3) is 65.7 Å². The predicted molar refractivity (Wildman–Crippen MR) is 231 cm³/mol. The Kier molecular flexibility index (Phi) is 7.24. The van der Waals surface area contributed by atoms with Gasteiger partial charge in [-0.15, -0.1) is 0 Å². The molecule has 3 heteroatoms. The molecule has 1 aliphatic rings. The Hall–Kier alpha value is -7.23. The highest BCUT2D eigenvalue weighted by atomic mass is 16.3. The zero-order valence-corrected chi connectivity index (χ0v) is 30.0. The molecule has 258 valence electrons. The Labute approximate surface area is 319 Å². The molecule has 0 spiro atoms. The van der Waals surface area contributed by atoms with Gasteiger partial charge in [0, 0.05) is 44.9 Å². The summed E-state index contributed by atoms with van der Waals surface area (Å²) in [6.07, 6.45) is 0.838. The van der Waals surface area contributed by atoms with Gasteiger partial charge >= 0.3 is 0 Å². The van der Waals surface area contributed by atoms with Crippen LogP contribution in [0.4, 0.5) is 22.7 Å². The minimum atomic E-state index is 0.838. The molecule has 0 N–H and O–H groups in total. The molecule has 0 radical (unpaired) electrons. The van der Waals surface area contributed by atoms with E-state index in [4.69, 9.17) is 9.41 Å². The second-order valence-electron chi connectivity index (χ2n) is 14.3. The van der Waals surface area contributed by atoms with Crippen molar-refractivity contribution in [2.45, 2.75) is 6.42 Å². The van der Waals surface area contributed by atoms with Gasteiger partial charge in [-0.3, -0.25) is 4.99 Å². The maximum atomic E-state index is 6.74. The van der Waals surface area contributed by atoms with Crippen molar-refractivity contribution in [3.05, 3.63) is 205 Å². The third-order valence-corrected chi connectivity index (χ3v) is 11.1. The van der Waals surface area contributed by atoms with Gasteiger partial charge in [-0.2, -0.15) is 0 Å². The fourth-order valence-electron chi connectivity index (χ4n) is 8.37. The molecule has 9 aromatic carbocycles. The molecule has 0 amide bonds. The van der Waals surface area contributed by atoms with Crippen LogP contribution in [0.3, 0.4) is 0 Å². The smallest absolute Gasteiger partial charge is 0.143 e. The van der Waals surface area contributed by atoms with Crippen LogP contribution in [-0.4, -0.2) is 5.71 Å². The molecule has 11 rings (SSSR count). The molecule has 1 aromatic heterocycles. The molecule has 2 heterocycles. The molecular formula is C52H34N2O. The number of furan rings is 1. The average molecular weight is 703 g/mol. The Bertz CT molecular complexity index is 3100. The summed E-state index contributed by atoms with van der Waals surface area (Å²) in [7, 11) is 0. The van der Waals surface area contributed by atoms with E-state index >= 15 is 0 Å². The molecule has 0 aliphatic carbocycles. The first-order valence-corrected chi connectivity index (χ1v) is 18.8. The van der Waals surface area contributed by atoms with Gasteiger partial charge in [0.25, 0.3) is 0 Å². The number of rotatable bonds is 6. The monoisotopic (exact) mass is 702 g/mol. The van der Waals surface area contributed by atoms with Crippen LogP contribution in [0.5, 0.6) is 0 Å². The lowest BCUT2D eigenvalue weighted by Gasteiger charge is -2.27. The first-order chi connectivity index (χ1) is 27.2. The maximum Gasteiger partial charge on any atom is 0.143 e. The second-order valence-corrected chi connectivity index (χ2v) is 14.3. The van der Waals surface area contributed by atoms with E-state index in [0.29, 0.717) is 0 Å². The zero-order chi connectivity index (χ0) is 36.3. The standard InChI is InChI=1S/C52H34N2O/c1-3-11-34(12-4-1)35-21-25-41(26-22-35)54(40-14-5-2-6-15-40)50-30-29-42(43-16-8-9-17-44(43)50)37-20-19-36-23-28-46-45-27-24-39(33-51(45)55-52(46)47(36)31-37)49-32-38-13-7-10-18-48(38)53-49/h1-31,33H,32H2. The minimum Gasteiger partial charge on any atom is -0.455 e. The van der Waals surface area contributed by atoms with Gasteiger partial charge in [0.15, 0.2) is 0 Å². The van der Waals surface area contributed by atoms with E-state index in [2.05, 4.69) is 199 Å². The summed E-state index contributed by atoms with van der Waals surface area (Å²) < 4.78 is 6.74. The zero-order valence-electron chi connectivity index (χ0n) is 30.0. The van der Waals surface area contributed by atoms with E-state index < -0.39 is 0 Å². The number of aliphatic imine (C=N–C) groups is 1. The number of benzene rings is 9. The lowest BCUT2D eigenvalue weighted by atomic mass is 9.94. The van der Waals surface area contributed by atoms with Crippen LogP contribution in [-0.2, 0) is 6.42 Å². The largest absolute Gasteiger partial charge is 0.455 e. The summed E-state index contributed by atoms with van der Waals surface area (Å²) in [5, 5.41) is 6.88. The van der Waals surface area contributed by atoms with Gasteiger partial charge in [0.2, 0.25) is 0 Å². The second kappa shape index (κ2) is 12.7. The lowest BCUT2D eigenvalue weighted by molar-refractivity contribution is 0.672.